The van der Waals surface area contributed by atoms with Gasteiger partial charge >= 0.3 is 7.82 Å². The van der Waals surface area contributed by atoms with E-state index in [9.17, 15) is 4.57 Å². The fourth-order valence-corrected chi connectivity index (χ4v) is 12.0. The molecule has 0 amide bonds. The minimum absolute atomic E-state index is 0.202. The zero-order valence-electron chi connectivity index (χ0n) is 48.9. The van der Waals surface area contributed by atoms with Crippen LogP contribution in [0.3, 0.4) is 0 Å². The zero-order chi connectivity index (χ0) is 52.5. The minimum atomic E-state index is -3.96. The summed E-state index contributed by atoms with van der Waals surface area (Å²) in [6, 6.07) is 25.6. The Morgan fingerprint density at radius 2 is 0.405 bits per heavy atom. The molecule has 3 rings (SSSR count). The van der Waals surface area contributed by atoms with Crippen molar-refractivity contribution >= 4 is 7.82 Å². The summed E-state index contributed by atoms with van der Waals surface area (Å²) in [5.41, 5.74) is 7.04. The van der Waals surface area contributed by atoms with E-state index in [2.05, 4.69) is 93.6 Å². The third-order valence-corrected chi connectivity index (χ3v) is 17.2. The third-order valence-electron chi connectivity index (χ3n) is 15.9. The Kier molecular flexibility index (Phi) is 42.8. The molecule has 0 N–H and O–H groups in total. The van der Waals surface area contributed by atoms with E-state index in [4.69, 9.17) is 13.6 Å². The van der Waals surface area contributed by atoms with Gasteiger partial charge in [-0.25, -0.2) is 4.57 Å². The summed E-state index contributed by atoms with van der Waals surface area (Å²) < 4.78 is 34.1. The Labute approximate surface area is 459 Å². The van der Waals surface area contributed by atoms with Crippen molar-refractivity contribution in [2.24, 2.45) is 0 Å². The highest BCUT2D eigenvalue weighted by Gasteiger charge is 2.28. The maximum absolute atomic E-state index is 14.9. The van der Waals surface area contributed by atoms with Crippen molar-refractivity contribution in [3.8, 4) is 0 Å². The minimum Gasteiger partial charge on any atom is -0.282 e. The van der Waals surface area contributed by atoms with Crippen LogP contribution in [0.4, 0.5) is 0 Å². The third kappa shape index (κ3) is 35.2. The van der Waals surface area contributed by atoms with E-state index < -0.39 is 7.82 Å². The summed E-state index contributed by atoms with van der Waals surface area (Å²) in [4.78, 5) is 0. The predicted molar refractivity (Wildman–Crippen MR) is 323 cm³/mol. The lowest BCUT2D eigenvalue weighted by Gasteiger charge is -2.21. The molecule has 3 aromatic carbocycles. The summed E-state index contributed by atoms with van der Waals surface area (Å²) in [6.45, 7) is 7.50. The Bertz CT molecular complexity index is 1540. The molecule has 74 heavy (non-hydrogen) atoms. The van der Waals surface area contributed by atoms with Crippen LogP contribution in [-0.4, -0.2) is 0 Å². The van der Waals surface area contributed by atoms with Crippen molar-refractivity contribution in [3.63, 3.8) is 0 Å². The van der Waals surface area contributed by atoms with Gasteiger partial charge in [0.2, 0.25) is 0 Å². The van der Waals surface area contributed by atoms with E-state index in [1.165, 1.54) is 267 Å². The molecular weight excluding hydrogens is 924 g/mol. The van der Waals surface area contributed by atoms with Crippen LogP contribution in [0.2, 0.25) is 0 Å². The van der Waals surface area contributed by atoms with Gasteiger partial charge in [0.15, 0.2) is 0 Å². The Morgan fingerprint density at radius 1 is 0.243 bits per heavy atom. The van der Waals surface area contributed by atoms with Gasteiger partial charge in [-0.3, -0.25) is 13.6 Å². The smallest absolute Gasteiger partial charge is 0.282 e. The zero-order valence-corrected chi connectivity index (χ0v) is 49.8. The van der Waals surface area contributed by atoms with Crippen LogP contribution >= 0.6 is 7.82 Å². The van der Waals surface area contributed by atoms with Crippen molar-refractivity contribution in [2.75, 3.05) is 0 Å². The molecule has 0 saturated heterocycles. The van der Waals surface area contributed by atoms with Crippen molar-refractivity contribution in [3.05, 3.63) is 106 Å². The predicted octanol–water partition coefficient (Wildman–Crippen LogP) is 23.8. The van der Waals surface area contributed by atoms with E-state index in [-0.39, 0.29) is 19.8 Å². The first-order chi connectivity index (χ1) is 36.6. The molecule has 3 aromatic rings. The van der Waals surface area contributed by atoms with Gasteiger partial charge < -0.3 is 0 Å². The summed E-state index contributed by atoms with van der Waals surface area (Å²) >= 11 is 0. The van der Waals surface area contributed by atoms with Crippen LogP contribution in [0.1, 0.15) is 324 Å². The van der Waals surface area contributed by atoms with Crippen molar-refractivity contribution in [1.29, 1.82) is 0 Å². The monoisotopic (exact) mass is 1040 g/mol. The Hall–Kier alpha value is -2.23. The molecule has 0 atom stereocenters. The molecule has 0 fully saturated rings. The van der Waals surface area contributed by atoms with E-state index >= 15 is 0 Å². The molecule has 4 nitrogen and oxygen atoms in total. The highest BCUT2D eigenvalue weighted by Crippen LogP contribution is 2.52. The number of hydrogen-bond donors (Lipinski definition) is 0. The molecular formula is C69H117O4P. The molecule has 0 heterocycles. The van der Waals surface area contributed by atoms with Crippen LogP contribution in [0.5, 0.6) is 0 Å². The number of unbranched alkanes of at least 4 members (excludes halogenated alkanes) is 39. The first-order valence-corrected chi connectivity index (χ1v) is 33.8. The molecule has 0 bridgehead atoms. The van der Waals surface area contributed by atoms with Crippen LogP contribution in [0.15, 0.2) is 72.8 Å². The Morgan fingerprint density at radius 3 is 0.595 bits per heavy atom. The molecule has 0 aromatic heterocycles. The van der Waals surface area contributed by atoms with E-state index in [1.54, 1.807) is 0 Å². The average molecular weight is 1040 g/mol. The molecule has 0 radical (unpaired) electrons. The van der Waals surface area contributed by atoms with E-state index in [1.807, 2.05) is 0 Å². The highest BCUT2D eigenvalue weighted by molar-refractivity contribution is 7.48. The van der Waals surface area contributed by atoms with Crippen molar-refractivity contribution in [1.82, 2.24) is 0 Å². The average Bonchev–Trinajstić information content (AvgIpc) is 3.42. The van der Waals surface area contributed by atoms with Gasteiger partial charge in [0, 0.05) is 0 Å². The number of benzene rings is 3. The van der Waals surface area contributed by atoms with E-state index in [0.29, 0.717) is 0 Å². The fraction of sp³-hybridized carbons (Fsp3) is 0.739. The number of aryl methyl sites for hydroxylation is 3. The molecule has 422 valence electrons. The normalized spacial score (nSPS) is 11.8. The standard InChI is InChI=1S/C69H117O4P/c1-4-7-10-13-16-19-22-25-28-31-34-37-40-43-52-64-55-46-49-58-67(64)61-71-74(70,72-62-68-59-50-47-56-65(68)53-44-41-38-35-32-29-26-23-20-17-14-11-8-5-2)73-63-69-60-51-48-57-66(69)54-45-42-39-36-33-30-27-24-21-18-15-12-9-6-3/h46-51,55-60H,4-45,52-54,61-63H2,1-3H3. The maximum Gasteiger partial charge on any atom is 0.475 e. The lowest BCUT2D eigenvalue weighted by atomic mass is 10.0. The fourth-order valence-electron chi connectivity index (χ4n) is 10.9. The van der Waals surface area contributed by atoms with Gasteiger partial charge in [0.05, 0.1) is 19.8 Å². The number of phosphoric acid groups is 1. The van der Waals surface area contributed by atoms with Gasteiger partial charge in [-0.05, 0) is 71.9 Å². The van der Waals surface area contributed by atoms with Gasteiger partial charge in [-0.1, -0.05) is 344 Å². The second kappa shape index (κ2) is 47.9. The van der Waals surface area contributed by atoms with Gasteiger partial charge in [-0.15, -0.1) is 0 Å². The van der Waals surface area contributed by atoms with Crippen LogP contribution in [-0.2, 0) is 57.2 Å². The first-order valence-electron chi connectivity index (χ1n) is 32.3. The molecule has 5 heteroatoms. The molecule has 0 aliphatic rings. The summed E-state index contributed by atoms with van der Waals surface area (Å²) in [7, 11) is -3.96. The van der Waals surface area contributed by atoms with Crippen LogP contribution in [0, 0.1) is 0 Å². The summed E-state index contributed by atoms with van der Waals surface area (Å²) in [5.74, 6) is 0. The molecule has 0 saturated carbocycles. The molecule has 0 aliphatic heterocycles. The van der Waals surface area contributed by atoms with Gasteiger partial charge in [0.25, 0.3) is 0 Å². The number of rotatable bonds is 54. The Balaban J connectivity index is 1.50. The second-order valence-corrected chi connectivity index (χ2v) is 24.3. The number of hydrogen-bond acceptors (Lipinski definition) is 4. The topological polar surface area (TPSA) is 44.8 Å². The van der Waals surface area contributed by atoms with Crippen LogP contribution in [0.25, 0.3) is 0 Å². The molecule has 0 aliphatic carbocycles. The summed E-state index contributed by atoms with van der Waals surface area (Å²) in [5, 5.41) is 0. The molecule has 0 unspecified atom stereocenters. The van der Waals surface area contributed by atoms with Crippen LogP contribution < -0.4 is 0 Å². The quantitative estimate of drug-likeness (QED) is 0.0417. The van der Waals surface area contributed by atoms with Gasteiger partial charge in [-0.2, -0.15) is 0 Å². The summed E-state index contributed by atoms with van der Waals surface area (Å²) in [6.07, 6.45) is 60.1. The number of phosphoric ester groups is 1. The van der Waals surface area contributed by atoms with Crippen molar-refractivity contribution in [2.45, 2.75) is 330 Å². The lowest BCUT2D eigenvalue weighted by molar-refractivity contribution is 0.0973. The maximum atomic E-state index is 14.9. The van der Waals surface area contributed by atoms with Crippen molar-refractivity contribution < 1.29 is 18.1 Å². The van der Waals surface area contributed by atoms with E-state index in [0.717, 1.165) is 55.2 Å². The van der Waals surface area contributed by atoms with Gasteiger partial charge in [0.1, 0.15) is 0 Å². The lowest BCUT2D eigenvalue weighted by Crippen LogP contribution is -2.05. The second-order valence-electron chi connectivity index (χ2n) is 22.6. The SMILES string of the molecule is CCCCCCCCCCCCCCCCc1ccccc1COP(=O)(OCc1ccccc1CCCCCCCCCCCCCCCC)OCc1ccccc1CCCCCCCCCCCCCCCC. The highest BCUT2D eigenvalue weighted by atomic mass is 31.2. The largest absolute Gasteiger partial charge is 0.475 e. The first kappa shape index (κ1) is 66.1. The molecule has 0 spiro atoms.